The molecule has 0 amide bonds. The summed E-state index contributed by atoms with van der Waals surface area (Å²) in [5.74, 6) is -0.797. The van der Waals surface area contributed by atoms with E-state index in [0.717, 1.165) is 18.2 Å². The highest BCUT2D eigenvalue weighted by molar-refractivity contribution is 5.85. The number of hydrogen-bond acceptors (Lipinski definition) is 3. The van der Waals surface area contributed by atoms with Gasteiger partial charge in [-0.1, -0.05) is 6.07 Å². The second-order valence-electron chi connectivity index (χ2n) is 6.38. The number of nitrogens with one attached hydrogen (secondary N) is 1. The summed E-state index contributed by atoms with van der Waals surface area (Å²) >= 11 is 0. The molecule has 9 heteroatoms. The zero-order valence-corrected chi connectivity index (χ0v) is 15.9. The number of alkyl halides is 3. The third-order valence-electron chi connectivity index (χ3n) is 4.91. The summed E-state index contributed by atoms with van der Waals surface area (Å²) < 4.78 is 60.4. The Morgan fingerprint density at radius 2 is 1.69 bits per heavy atom. The van der Waals surface area contributed by atoms with Gasteiger partial charge in [0.15, 0.2) is 0 Å². The van der Waals surface area contributed by atoms with Crippen molar-refractivity contribution in [2.24, 2.45) is 5.92 Å². The minimum absolute atomic E-state index is 0. The first-order valence-electron chi connectivity index (χ1n) is 8.36. The van der Waals surface area contributed by atoms with Crippen molar-refractivity contribution in [3.05, 3.63) is 35.1 Å². The zero-order valence-electron chi connectivity index (χ0n) is 14.2. The normalized spacial score (nSPS) is 20.8. The lowest BCUT2D eigenvalue weighted by molar-refractivity contribution is -0.139. The maximum Gasteiger partial charge on any atom is 0.416 e. The molecule has 26 heavy (non-hydrogen) atoms. The molecule has 2 aliphatic heterocycles. The van der Waals surface area contributed by atoms with Crippen LogP contribution in [-0.4, -0.2) is 44.3 Å². The number of nitrogens with zero attached hydrogens (tertiary/aromatic N) is 1. The Kier molecular flexibility index (Phi) is 9.09. The summed E-state index contributed by atoms with van der Waals surface area (Å²) in [5, 5.41) is 3.20. The average molecular weight is 419 g/mol. The van der Waals surface area contributed by atoms with Gasteiger partial charge in [0, 0.05) is 51.0 Å². The van der Waals surface area contributed by atoms with E-state index in [9.17, 15) is 17.6 Å². The molecule has 1 N–H and O–H groups in total. The molecule has 1 atom stereocenters. The van der Waals surface area contributed by atoms with Gasteiger partial charge in [-0.25, -0.2) is 4.39 Å². The summed E-state index contributed by atoms with van der Waals surface area (Å²) in [4.78, 5) is 2.00. The van der Waals surface area contributed by atoms with Crippen molar-refractivity contribution in [1.82, 2.24) is 10.2 Å². The Balaban J connectivity index is 0.00000169. The molecule has 0 aromatic heterocycles. The van der Waals surface area contributed by atoms with E-state index in [1.54, 1.807) is 0 Å². The van der Waals surface area contributed by atoms with Crippen LogP contribution < -0.4 is 5.32 Å². The molecule has 2 fully saturated rings. The van der Waals surface area contributed by atoms with Gasteiger partial charge in [-0.3, -0.25) is 4.90 Å². The third kappa shape index (κ3) is 5.23. The van der Waals surface area contributed by atoms with Crippen molar-refractivity contribution in [1.29, 1.82) is 0 Å². The van der Waals surface area contributed by atoms with Gasteiger partial charge in [0.2, 0.25) is 0 Å². The zero-order chi connectivity index (χ0) is 17.2. The van der Waals surface area contributed by atoms with Crippen molar-refractivity contribution < 1.29 is 22.3 Å². The van der Waals surface area contributed by atoms with Gasteiger partial charge < -0.3 is 10.1 Å². The summed E-state index contributed by atoms with van der Waals surface area (Å²) in [6, 6.07) is 2.71. The molecule has 1 aromatic rings. The monoisotopic (exact) mass is 418 g/mol. The highest BCUT2D eigenvalue weighted by Gasteiger charge is 2.41. The fourth-order valence-electron chi connectivity index (χ4n) is 3.79. The Bertz CT molecular complexity index is 544. The fraction of sp³-hybridized carbons (Fsp3) is 0.647. The number of halogens is 6. The van der Waals surface area contributed by atoms with Crippen LogP contribution in [0.25, 0.3) is 0 Å². The minimum Gasteiger partial charge on any atom is -0.381 e. The molecule has 0 bridgehead atoms. The SMILES string of the molecule is Cl.Cl.Fc1cccc(C(F)(F)F)c1[C@@H](C1CCOCC1)N1CCNCC1. The molecular formula is C17H24Cl2F4N2O. The number of piperazine rings is 1. The van der Waals surface area contributed by atoms with Crippen LogP contribution in [0, 0.1) is 11.7 Å². The minimum atomic E-state index is -4.56. The van der Waals surface area contributed by atoms with Crippen LogP contribution in [0.1, 0.15) is 30.0 Å². The van der Waals surface area contributed by atoms with Gasteiger partial charge in [0.05, 0.1) is 5.56 Å². The molecule has 2 aliphatic rings. The van der Waals surface area contributed by atoms with E-state index in [-0.39, 0.29) is 36.3 Å². The Labute approximate surface area is 163 Å². The molecule has 0 spiro atoms. The molecule has 2 saturated heterocycles. The lowest BCUT2D eigenvalue weighted by Crippen LogP contribution is -2.48. The first-order chi connectivity index (χ1) is 11.5. The van der Waals surface area contributed by atoms with E-state index >= 15 is 0 Å². The van der Waals surface area contributed by atoms with E-state index < -0.39 is 23.6 Å². The molecule has 0 unspecified atom stereocenters. The molecule has 3 nitrogen and oxygen atoms in total. The smallest absolute Gasteiger partial charge is 0.381 e. The molecule has 0 radical (unpaired) electrons. The van der Waals surface area contributed by atoms with Crippen LogP contribution in [0.5, 0.6) is 0 Å². The number of ether oxygens (including phenoxy) is 1. The highest BCUT2D eigenvalue weighted by Crippen LogP contribution is 2.43. The van der Waals surface area contributed by atoms with Crippen molar-refractivity contribution in [3.63, 3.8) is 0 Å². The molecule has 0 saturated carbocycles. The fourth-order valence-corrected chi connectivity index (χ4v) is 3.79. The van der Waals surface area contributed by atoms with Crippen molar-refractivity contribution >= 4 is 24.8 Å². The van der Waals surface area contributed by atoms with Gasteiger partial charge in [0.25, 0.3) is 0 Å². The van der Waals surface area contributed by atoms with Crippen LogP contribution in [0.15, 0.2) is 18.2 Å². The van der Waals surface area contributed by atoms with E-state index in [1.807, 2.05) is 4.90 Å². The summed E-state index contributed by atoms with van der Waals surface area (Å²) in [5.41, 5.74) is -1.05. The van der Waals surface area contributed by atoms with E-state index in [0.29, 0.717) is 52.2 Å². The lowest BCUT2D eigenvalue weighted by atomic mass is 9.83. The second-order valence-corrected chi connectivity index (χ2v) is 6.38. The number of hydrogen-bond donors (Lipinski definition) is 1. The summed E-state index contributed by atoms with van der Waals surface area (Å²) in [7, 11) is 0. The molecule has 3 rings (SSSR count). The standard InChI is InChI=1S/C17H22F4N2O.2ClH/c18-14-3-1-2-13(17(19,20)21)15(14)16(12-4-10-24-11-5-12)23-8-6-22-7-9-23;;/h1-3,12,16,22H,4-11H2;2*1H/t16-;;/m1../s1. The van der Waals surface area contributed by atoms with Crippen molar-refractivity contribution in [2.75, 3.05) is 39.4 Å². The van der Waals surface area contributed by atoms with E-state index in [2.05, 4.69) is 5.32 Å². The van der Waals surface area contributed by atoms with Gasteiger partial charge in [0.1, 0.15) is 5.82 Å². The quantitative estimate of drug-likeness (QED) is 0.748. The first-order valence-corrected chi connectivity index (χ1v) is 8.36. The Morgan fingerprint density at radius 1 is 1.08 bits per heavy atom. The van der Waals surface area contributed by atoms with Crippen molar-refractivity contribution in [2.45, 2.75) is 25.1 Å². The van der Waals surface area contributed by atoms with Gasteiger partial charge >= 0.3 is 6.18 Å². The Hall–Kier alpha value is -0.600. The van der Waals surface area contributed by atoms with Crippen LogP contribution in [0.3, 0.4) is 0 Å². The van der Waals surface area contributed by atoms with Crippen LogP contribution in [-0.2, 0) is 10.9 Å². The molecular weight excluding hydrogens is 395 g/mol. The second kappa shape index (κ2) is 10.1. The molecule has 1 aromatic carbocycles. The predicted octanol–water partition coefficient (Wildman–Crippen LogP) is 4.06. The molecule has 0 aliphatic carbocycles. The maximum atomic E-state index is 14.6. The first kappa shape index (κ1) is 23.4. The number of benzene rings is 1. The molecule has 150 valence electrons. The Morgan fingerprint density at radius 3 is 2.27 bits per heavy atom. The van der Waals surface area contributed by atoms with E-state index in [4.69, 9.17) is 4.74 Å². The van der Waals surface area contributed by atoms with Gasteiger partial charge in [-0.15, -0.1) is 24.8 Å². The number of rotatable bonds is 3. The summed E-state index contributed by atoms with van der Waals surface area (Å²) in [6.07, 6.45) is -3.25. The van der Waals surface area contributed by atoms with E-state index in [1.165, 1.54) is 0 Å². The average Bonchev–Trinajstić information content (AvgIpc) is 2.57. The largest absolute Gasteiger partial charge is 0.416 e. The highest BCUT2D eigenvalue weighted by atomic mass is 35.5. The maximum absolute atomic E-state index is 14.6. The van der Waals surface area contributed by atoms with Crippen LogP contribution in [0.2, 0.25) is 0 Å². The van der Waals surface area contributed by atoms with Gasteiger partial charge in [-0.05, 0) is 30.9 Å². The predicted molar refractivity (Wildman–Crippen MR) is 96.6 cm³/mol. The van der Waals surface area contributed by atoms with Crippen molar-refractivity contribution in [3.8, 4) is 0 Å². The van der Waals surface area contributed by atoms with Crippen LogP contribution >= 0.6 is 24.8 Å². The van der Waals surface area contributed by atoms with Crippen LogP contribution in [0.4, 0.5) is 17.6 Å². The summed E-state index contributed by atoms with van der Waals surface area (Å²) in [6.45, 7) is 3.68. The lowest BCUT2D eigenvalue weighted by Gasteiger charge is -2.42. The topological polar surface area (TPSA) is 24.5 Å². The third-order valence-corrected chi connectivity index (χ3v) is 4.91. The van der Waals surface area contributed by atoms with Gasteiger partial charge in [-0.2, -0.15) is 13.2 Å². The molecule has 2 heterocycles.